The van der Waals surface area contributed by atoms with Crippen LogP contribution >= 0.6 is 0 Å². The van der Waals surface area contributed by atoms with E-state index in [1.807, 2.05) is 24.3 Å². The molecule has 0 saturated heterocycles. The first kappa shape index (κ1) is 64.0. The second kappa shape index (κ2) is 25.3. The van der Waals surface area contributed by atoms with E-state index >= 15 is 0 Å². The summed E-state index contributed by atoms with van der Waals surface area (Å²) in [6.07, 6.45) is 0. The molecule has 0 saturated carbocycles. The van der Waals surface area contributed by atoms with Gasteiger partial charge in [-0.1, -0.05) is 328 Å². The lowest BCUT2D eigenvalue weighted by Crippen LogP contribution is -2.32. The van der Waals surface area contributed by atoms with Crippen LogP contribution in [0.2, 0.25) is 0 Å². The fourth-order valence-corrected chi connectivity index (χ4v) is 18.4. The second-order valence-electron chi connectivity index (χ2n) is 29.4. The van der Waals surface area contributed by atoms with Crippen LogP contribution in [0, 0.1) is 0 Å². The Morgan fingerprint density at radius 3 is 0.956 bits per heavy atom. The van der Waals surface area contributed by atoms with Crippen LogP contribution in [0.5, 0.6) is 23.0 Å². The van der Waals surface area contributed by atoms with E-state index in [9.17, 15) is 0 Å². The highest BCUT2D eigenvalue weighted by atomic mass is 16.5. The quantitative estimate of drug-likeness (QED) is 0.132. The number of ether oxygens (including phenoxy) is 2. The zero-order valence-corrected chi connectivity index (χ0v) is 60.7. The third-order valence-corrected chi connectivity index (χ3v) is 23.4. The molecular formula is C104H62N6O3. The van der Waals surface area contributed by atoms with E-state index < -0.39 is 10.8 Å². The molecule has 5 heterocycles. The zero-order chi connectivity index (χ0) is 74.3. The molecule has 9 nitrogen and oxygen atoms in total. The Balaban J connectivity index is 0.626. The summed E-state index contributed by atoms with van der Waals surface area (Å²) in [4.78, 5) is 32.6. The summed E-state index contributed by atoms with van der Waals surface area (Å²) in [7, 11) is 0. The van der Waals surface area contributed by atoms with Gasteiger partial charge < -0.3 is 13.9 Å². The molecule has 0 bridgehead atoms. The van der Waals surface area contributed by atoms with Crippen molar-refractivity contribution in [3.05, 3.63) is 421 Å². The first-order chi connectivity index (χ1) is 56.0. The molecule has 4 aliphatic rings. The Bertz CT molecular complexity index is 7060. The van der Waals surface area contributed by atoms with Gasteiger partial charge in [-0.2, -0.15) is 0 Å². The predicted molar refractivity (Wildman–Crippen MR) is 450 cm³/mol. The average molecular weight is 1440 g/mol. The number of hydrogen-bond acceptors (Lipinski definition) is 9. The fraction of sp³-hybridized carbons (Fsp3) is 0.0192. The van der Waals surface area contributed by atoms with Crippen LogP contribution in [-0.2, 0) is 10.8 Å². The molecular weight excluding hydrogens is 1380 g/mol. The largest absolute Gasteiger partial charge is 0.456 e. The molecule has 9 heteroatoms. The van der Waals surface area contributed by atoms with Crippen molar-refractivity contribution in [1.82, 2.24) is 29.9 Å². The van der Waals surface area contributed by atoms with E-state index in [1.54, 1.807) is 0 Å². The van der Waals surface area contributed by atoms with E-state index in [2.05, 4.69) is 352 Å². The van der Waals surface area contributed by atoms with Crippen molar-refractivity contribution in [2.45, 2.75) is 10.8 Å². The molecule has 0 atom stereocenters. The van der Waals surface area contributed by atoms with Gasteiger partial charge in [0.05, 0.1) is 22.0 Å². The molecule has 2 aliphatic heterocycles. The van der Waals surface area contributed by atoms with Crippen molar-refractivity contribution in [3.8, 4) is 158 Å². The van der Waals surface area contributed by atoms with E-state index in [4.69, 9.17) is 43.8 Å². The lowest BCUT2D eigenvalue weighted by atomic mass is 9.66. The molecule has 0 radical (unpaired) electrons. The third-order valence-electron chi connectivity index (χ3n) is 23.4. The van der Waals surface area contributed by atoms with Crippen LogP contribution in [0.4, 0.5) is 0 Å². The number of para-hydroxylation sites is 6. The van der Waals surface area contributed by atoms with Crippen molar-refractivity contribution in [2.24, 2.45) is 0 Å². The lowest BCUT2D eigenvalue weighted by Gasteiger charge is -2.39. The minimum Gasteiger partial charge on any atom is -0.456 e. The van der Waals surface area contributed by atoms with Crippen LogP contribution in [0.15, 0.2) is 381 Å². The molecule has 113 heavy (non-hydrogen) atoms. The SMILES string of the molecule is c1ccc(-c2cccc(-c3nc(-c4cccc(-c5ccc(-c6cccc(-c7nc(-c8ccc(-c9cccc%10c9oc9ccccc9%10)cc8)nc(-c8cccc9c8Oc8ccccc8C98c9ccccc9-c9ccccc98)n7)c6)cc5)c4)nc(-c4cccc5c4Oc4ccccc4C54c5ccccc5-c5ccccc54)n3)c2)cc1. The molecule has 0 unspecified atom stereocenters. The second-order valence-corrected chi connectivity index (χ2v) is 29.4. The molecule has 16 aromatic carbocycles. The monoisotopic (exact) mass is 1440 g/mol. The van der Waals surface area contributed by atoms with Gasteiger partial charge in [-0.05, 0) is 132 Å². The van der Waals surface area contributed by atoms with Crippen LogP contribution in [0.1, 0.15) is 44.5 Å². The number of benzene rings is 16. The molecule has 23 rings (SSSR count). The summed E-state index contributed by atoms with van der Waals surface area (Å²) in [6.45, 7) is 0. The molecule has 0 amide bonds. The highest BCUT2D eigenvalue weighted by Crippen LogP contribution is 2.65. The topological polar surface area (TPSA) is 109 Å². The highest BCUT2D eigenvalue weighted by molar-refractivity contribution is 6.09. The van der Waals surface area contributed by atoms with Crippen molar-refractivity contribution >= 4 is 21.9 Å². The van der Waals surface area contributed by atoms with Crippen molar-refractivity contribution in [3.63, 3.8) is 0 Å². The summed E-state index contributed by atoms with van der Waals surface area (Å²) in [6, 6.07) is 133. The Labute approximate surface area is 651 Å². The number of fused-ring (bicyclic) bond motifs is 21. The molecule has 2 aliphatic carbocycles. The van der Waals surface area contributed by atoms with E-state index in [1.165, 1.54) is 44.5 Å². The average Bonchev–Trinajstić information content (AvgIpc) is 1.55. The Kier molecular flexibility index (Phi) is 14.3. The van der Waals surface area contributed by atoms with E-state index in [0.717, 1.165) is 134 Å². The molecule has 0 N–H and O–H groups in total. The van der Waals surface area contributed by atoms with Gasteiger partial charge in [-0.15, -0.1) is 0 Å². The van der Waals surface area contributed by atoms with Crippen LogP contribution in [0.25, 0.3) is 157 Å². The maximum absolute atomic E-state index is 7.23. The smallest absolute Gasteiger partial charge is 0.167 e. The van der Waals surface area contributed by atoms with Crippen LogP contribution in [-0.4, -0.2) is 29.9 Å². The number of aromatic nitrogens is 6. The number of hydrogen-bond donors (Lipinski definition) is 0. The summed E-state index contributed by atoms with van der Waals surface area (Å²) in [5, 5.41) is 2.16. The van der Waals surface area contributed by atoms with Gasteiger partial charge in [0, 0.05) is 60.8 Å². The van der Waals surface area contributed by atoms with Crippen LogP contribution < -0.4 is 9.47 Å². The van der Waals surface area contributed by atoms with Gasteiger partial charge >= 0.3 is 0 Å². The maximum Gasteiger partial charge on any atom is 0.167 e. The maximum atomic E-state index is 7.23. The normalized spacial score (nSPS) is 13.2. The minimum absolute atomic E-state index is 0.486. The van der Waals surface area contributed by atoms with Crippen LogP contribution in [0.3, 0.4) is 0 Å². The summed E-state index contributed by atoms with van der Waals surface area (Å²) in [5.41, 5.74) is 27.3. The lowest BCUT2D eigenvalue weighted by molar-refractivity contribution is 0.437. The minimum atomic E-state index is -0.688. The van der Waals surface area contributed by atoms with Crippen molar-refractivity contribution in [2.75, 3.05) is 0 Å². The van der Waals surface area contributed by atoms with Gasteiger partial charge in [0.25, 0.3) is 0 Å². The summed E-state index contributed by atoms with van der Waals surface area (Å²) < 4.78 is 21.0. The predicted octanol–water partition coefficient (Wildman–Crippen LogP) is 25.6. The van der Waals surface area contributed by atoms with E-state index in [-0.39, 0.29) is 0 Å². The highest BCUT2D eigenvalue weighted by Gasteiger charge is 2.53. The van der Waals surface area contributed by atoms with Gasteiger partial charge in [0.2, 0.25) is 0 Å². The fourth-order valence-electron chi connectivity index (χ4n) is 18.4. The number of furan rings is 1. The standard InChI is InChI=1S/C104H62N6O3/c1-2-24-63(25-3-1)68-26-18-29-71(60-68)99-106-100(110-102(109-99)82-40-23-48-90-96(82)113-93-51-17-14-46-88(93)104(90)85-43-11-6-34-77(85)78-35-7-12-44-86(78)104)73-31-20-28-70(62-73)65-54-52-64(53-55-65)69-27-19-30-72(61-69)98-105-97(67-58-56-66(57-59-67)74-37-21-38-80-79-36-8-15-49-91(79)111-94(74)80)107-101(108-98)81-39-22-47-89-95(81)112-92-50-16-13-45-87(92)103(89)83-41-9-4-32-75(83)76-33-5-10-42-84(76)103/h1-62H. The number of rotatable bonds is 10. The Hall–Kier alpha value is -15.1. The summed E-state index contributed by atoms with van der Waals surface area (Å²) >= 11 is 0. The molecule has 3 aromatic heterocycles. The molecule has 526 valence electrons. The van der Waals surface area contributed by atoms with E-state index in [0.29, 0.717) is 46.4 Å². The Morgan fingerprint density at radius 2 is 0.487 bits per heavy atom. The third kappa shape index (κ3) is 9.84. The van der Waals surface area contributed by atoms with Gasteiger partial charge in [0.15, 0.2) is 34.9 Å². The van der Waals surface area contributed by atoms with Crippen molar-refractivity contribution in [1.29, 1.82) is 0 Å². The van der Waals surface area contributed by atoms with Crippen molar-refractivity contribution < 1.29 is 13.9 Å². The molecule has 19 aromatic rings. The Morgan fingerprint density at radius 1 is 0.186 bits per heavy atom. The van der Waals surface area contributed by atoms with Gasteiger partial charge in [0.1, 0.15) is 34.2 Å². The van der Waals surface area contributed by atoms with Gasteiger partial charge in [-0.3, -0.25) is 0 Å². The number of nitrogens with zero attached hydrogens (tertiary/aromatic N) is 6. The first-order valence-corrected chi connectivity index (χ1v) is 38.2. The summed E-state index contributed by atoms with van der Waals surface area (Å²) in [5.74, 6) is 6.07. The zero-order valence-electron chi connectivity index (χ0n) is 60.7. The van der Waals surface area contributed by atoms with Gasteiger partial charge in [-0.25, -0.2) is 29.9 Å². The molecule has 2 spiro atoms. The molecule has 0 fully saturated rings. The first-order valence-electron chi connectivity index (χ1n) is 38.2.